The van der Waals surface area contributed by atoms with Crippen molar-refractivity contribution >= 4 is 17.5 Å². The number of benzene rings is 1. The van der Waals surface area contributed by atoms with Gasteiger partial charge in [-0.05, 0) is 32.0 Å². The molecule has 0 fully saturated rings. The third kappa shape index (κ3) is 2.67. The van der Waals surface area contributed by atoms with Crippen molar-refractivity contribution in [1.29, 1.82) is 0 Å². The van der Waals surface area contributed by atoms with Crippen molar-refractivity contribution in [3.05, 3.63) is 41.5 Å². The van der Waals surface area contributed by atoms with Crippen molar-refractivity contribution in [1.82, 2.24) is 19.7 Å². The van der Waals surface area contributed by atoms with Gasteiger partial charge >= 0.3 is 0 Å². The largest absolute Gasteiger partial charge is 0.497 e. The number of carbonyl (C=O) groups excluding carboxylic acids is 1. The van der Waals surface area contributed by atoms with E-state index in [0.717, 1.165) is 23.2 Å². The molecule has 0 unspecified atom stereocenters. The third-order valence-corrected chi connectivity index (χ3v) is 4.78. The van der Waals surface area contributed by atoms with Crippen LogP contribution in [0.4, 0.5) is 0 Å². The van der Waals surface area contributed by atoms with Crippen LogP contribution in [0.2, 0.25) is 0 Å². The lowest BCUT2D eigenvalue weighted by atomic mass is 10.1. The third-order valence-electron chi connectivity index (χ3n) is 4.78. The summed E-state index contributed by atoms with van der Waals surface area (Å²) in [6, 6.07) is 7.03. The van der Waals surface area contributed by atoms with E-state index >= 15 is 0 Å². The van der Waals surface area contributed by atoms with E-state index in [1.54, 1.807) is 19.2 Å². The number of hydrogen-bond donors (Lipinski definition) is 0. The van der Waals surface area contributed by atoms with Gasteiger partial charge in [-0.1, -0.05) is 6.07 Å². The van der Waals surface area contributed by atoms with E-state index in [0.29, 0.717) is 30.9 Å². The van der Waals surface area contributed by atoms with Gasteiger partial charge in [0.15, 0.2) is 11.6 Å². The fourth-order valence-electron chi connectivity index (χ4n) is 3.37. The first-order chi connectivity index (χ1) is 12.6. The zero-order valence-corrected chi connectivity index (χ0v) is 15.0. The molecule has 0 saturated heterocycles. The SMILES string of the molecule is COc1cccc(C(=O)N2CCn3c(C4=NC(C)=NC4)nnc3[C@H]2C)c1. The molecule has 2 aromatic rings. The minimum Gasteiger partial charge on any atom is -0.497 e. The number of carbonyl (C=O) groups is 1. The molecule has 8 heteroatoms. The average molecular weight is 352 g/mol. The predicted molar refractivity (Wildman–Crippen MR) is 97.0 cm³/mol. The first-order valence-corrected chi connectivity index (χ1v) is 8.55. The molecule has 8 nitrogen and oxygen atoms in total. The Morgan fingerprint density at radius 3 is 2.85 bits per heavy atom. The van der Waals surface area contributed by atoms with E-state index in [1.165, 1.54) is 0 Å². The molecular weight excluding hydrogens is 332 g/mol. The normalized spacial score (nSPS) is 19.0. The zero-order chi connectivity index (χ0) is 18.3. The molecule has 4 rings (SSSR count). The van der Waals surface area contributed by atoms with Gasteiger partial charge in [0.05, 0.1) is 19.7 Å². The van der Waals surface area contributed by atoms with Crippen LogP contribution in [0.25, 0.3) is 0 Å². The molecule has 0 bridgehead atoms. The zero-order valence-electron chi connectivity index (χ0n) is 15.0. The van der Waals surface area contributed by atoms with Gasteiger partial charge in [0.1, 0.15) is 17.3 Å². The average Bonchev–Trinajstić information content (AvgIpc) is 3.28. The molecule has 0 saturated carbocycles. The number of amides is 1. The highest BCUT2D eigenvalue weighted by Gasteiger charge is 2.33. The summed E-state index contributed by atoms with van der Waals surface area (Å²) in [6.45, 7) is 5.60. The van der Waals surface area contributed by atoms with E-state index in [4.69, 9.17) is 4.74 Å². The number of aromatic nitrogens is 3. The van der Waals surface area contributed by atoms with Crippen molar-refractivity contribution < 1.29 is 9.53 Å². The highest BCUT2D eigenvalue weighted by Crippen LogP contribution is 2.27. The van der Waals surface area contributed by atoms with Gasteiger partial charge in [-0.3, -0.25) is 9.79 Å². The predicted octanol–water partition coefficient (Wildman–Crippen LogP) is 1.72. The second-order valence-electron chi connectivity index (χ2n) is 6.36. The topological polar surface area (TPSA) is 85.0 Å². The summed E-state index contributed by atoms with van der Waals surface area (Å²) in [4.78, 5) is 23.5. The molecule has 3 heterocycles. The number of amidine groups is 1. The molecule has 0 spiro atoms. The number of rotatable bonds is 3. The van der Waals surface area contributed by atoms with Crippen LogP contribution < -0.4 is 4.74 Å². The minimum absolute atomic E-state index is 0.0374. The fourth-order valence-corrected chi connectivity index (χ4v) is 3.37. The fraction of sp³-hybridized carbons (Fsp3) is 0.389. The highest BCUT2D eigenvalue weighted by molar-refractivity contribution is 6.10. The van der Waals surface area contributed by atoms with Gasteiger partial charge in [-0.2, -0.15) is 0 Å². The van der Waals surface area contributed by atoms with Crippen LogP contribution in [0.3, 0.4) is 0 Å². The first-order valence-electron chi connectivity index (χ1n) is 8.55. The van der Waals surface area contributed by atoms with Crippen LogP contribution in [0, 0.1) is 0 Å². The van der Waals surface area contributed by atoms with Gasteiger partial charge in [0, 0.05) is 18.7 Å². The lowest BCUT2D eigenvalue weighted by molar-refractivity contribution is 0.0637. The maximum Gasteiger partial charge on any atom is 0.254 e. The lowest BCUT2D eigenvalue weighted by Gasteiger charge is -2.33. The van der Waals surface area contributed by atoms with Gasteiger partial charge in [-0.15, -0.1) is 10.2 Å². The summed E-state index contributed by atoms with van der Waals surface area (Å²) >= 11 is 0. The summed E-state index contributed by atoms with van der Waals surface area (Å²) in [6.07, 6.45) is 0. The molecule has 26 heavy (non-hydrogen) atoms. The molecule has 0 radical (unpaired) electrons. The van der Waals surface area contributed by atoms with Crippen LogP contribution in [0.1, 0.15) is 41.9 Å². The van der Waals surface area contributed by atoms with Crippen molar-refractivity contribution in [2.45, 2.75) is 26.4 Å². The molecule has 2 aliphatic rings. The number of aliphatic imine (C=N–C) groups is 2. The first kappa shape index (κ1) is 16.4. The maximum atomic E-state index is 13.0. The molecule has 1 aromatic heterocycles. The number of fused-ring (bicyclic) bond motifs is 1. The van der Waals surface area contributed by atoms with Gasteiger partial charge in [0.2, 0.25) is 0 Å². The molecule has 1 atom stereocenters. The molecular formula is C18H20N6O2. The molecule has 1 amide bonds. The number of hydrogen-bond acceptors (Lipinski definition) is 6. The summed E-state index contributed by atoms with van der Waals surface area (Å²) < 4.78 is 7.27. The Kier molecular flexibility index (Phi) is 4.02. The Morgan fingerprint density at radius 1 is 1.27 bits per heavy atom. The summed E-state index contributed by atoms with van der Waals surface area (Å²) in [5.74, 6) is 2.91. The Hall–Kier alpha value is -3.03. The summed E-state index contributed by atoms with van der Waals surface area (Å²) in [5, 5.41) is 8.64. The number of nitrogens with zero attached hydrogens (tertiary/aromatic N) is 6. The number of methoxy groups -OCH3 is 1. The summed E-state index contributed by atoms with van der Waals surface area (Å²) in [5.41, 5.74) is 1.44. The van der Waals surface area contributed by atoms with E-state index in [9.17, 15) is 4.79 Å². The van der Waals surface area contributed by atoms with Crippen LogP contribution in [-0.2, 0) is 6.54 Å². The van der Waals surface area contributed by atoms with Crippen LogP contribution in [0.15, 0.2) is 34.3 Å². The Bertz CT molecular complexity index is 930. The summed E-state index contributed by atoms with van der Waals surface area (Å²) in [7, 11) is 1.59. The minimum atomic E-state index is -0.173. The molecule has 134 valence electrons. The van der Waals surface area contributed by atoms with Crippen molar-refractivity contribution in [3.8, 4) is 5.75 Å². The van der Waals surface area contributed by atoms with Crippen LogP contribution in [0.5, 0.6) is 5.75 Å². The Labute approximate surface area is 151 Å². The number of ether oxygens (including phenoxy) is 1. The molecule has 1 aromatic carbocycles. The van der Waals surface area contributed by atoms with Gasteiger partial charge in [-0.25, -0.2) is 4.99 Å². The van der Waals surface area contributed by atoms with Gasteiger partial charge in [0.25, 0.3) is 5.91 Å². The quantitative estimate of drug-likeness (QED) is 0.842. The van der Waals surface area contributed by atoms with E-state index in [2.05, 4.69) is 20.2 Å². The standard InChI is InChI=1S/C18H20N6O2/c1-11-16-21-22-17(15-10-19-12(2)20-15)24(16)8-7-23(11)18(25)13-5-4-6-14(9-13)26-3/h4-6,9,11H,7-8,10H2,1-3H3/t11-/m1/s1. The highest BCUT2D eigenvalue weighted by atomic mass is 16.5. The molecule has 0 aliphatic carbocycles. The van der Waals surface area contributed by atoms with E-state index < -0.39 is 0 Å². The molecule has 2 aliphatic heterocycles. The molecule has 0 N–H and O–H groups in total. The Balaban J connectivity index is 1.61. The second-order valence-corrected chi connectivity index (χ2v) is 6.36. The second kappa shape index (κ2) is 6.36. The lowest BCUT2D eigenvalue weighted by Crippen LogP contribution is -2.41. The van der Waals surface area contributed by atoms with Crippen LogP contribution >= 0.6 is 0 Å². The maximum absolute atomic E-state index is 13.0. The van der Waals surface area contributed by atoms with Crippen LogP contribution in [-0.4, -0.2) is 57.3 Å². The van der Waals surface area contributed by atoms with Crippen molar-refractivity contribution in [2.75, 3.05) is 20.2 Å². The van der Waals surface area contributed by atoms with Gasteiger partial charge < -0.3 is 14.2 Å². The smallest absolute Gasteiger partial charge is 0.254 e. The monoisotopic (exact) mass is 352 g/mol. The van der Waals surface area contributed by atoms with E-state index in [1.807, 2.05) is 35.4 Å². The van der Waals surface area contributed by atoms with Crippen molar-refractivity contribution in [2.24, 2.45) is 9.98 Å². The Morgan fingerprint density at radius 2 is 2.12 bits per heavy atom. The van der Waals surface area contributed by atoms with E-state index in [-0.39, 0.29) is 11.9 Å². The van der Waals surface area contributed by atoms with Crippen molar-refractivity contribution in [3.63, 3.8) is 0 Å².